The van der Waals surface area contributed by atoms with Crippen LogP contribution in [0.1, 0.15) is 20.3 Å². The Bertz CT molecular complexity index is 88.7. The van der Waals surface area contributed by atoms with Crippen LogP contribution in [-0.4, -0.2) is 5.54 Å². The minimum Gasteiger partial charge on any atom is -0.314 e. The van der Waals surface area contributed by atoms with Gasteiger partial charge in [-0.15, -0.1) is 0 Å². The van der Waals surface area contributed by atoms with Crippen molar-refractivity contribution in [2.75, 3.05) is 0 Å². The lowest BCUT2D eigenvalue weighted by molar-refractivity contribution is 0.578. The zero-order valence-electron chi connectivity index (χ0n) is 4.73. The van der Waals surface area contributed by atoms with Gasteiger partial charge in [-0.2, -0.15) is 5.26 Å². The van der Waals surface area contributed by atoms with Crippen LogP contribution in [0.5, 0.6) is 0 Å². The molecule has 2 nitrogen and oxygen atoms in total. The topological polar surface area (TPSA) is 49.8 Å². The number of nitrogens with two attached hydrogens (primary N) is 1. The molecule has 0 unspecified atom stereocenters. The van der Waals surface area contributed by atoms with Crippen LogP contribution in [0.3, 0.4) is 0 Å². The highest BCUT2D eigenvalue weighted by Crippen LogP contribution is 1.99. The third-order valence-electron chi connectivity index (χ3n) is 0.990. The van der Waals surface area contributed by atoms with Crippen LogP contribution in [0.15, 0.2) is 0 Å². The van der Waals surface area contributed by atoms with Gasteiger partial charge < -0.3 is 5.73 Å². The van der Waals surface area contributed by atoms with E-state index in [0.29, 0.717) is 6.42 Å². The van der Waals surface area contributed by atoms with E-state index in [1.807, 2.05) is 13.0 Å². The summed E-state index contributed by atoms with van der Waals surface area (Å²) in [6, 6.07) is 1.97. The van der Waals surface area contributed by atoms with E-state index in [2.05, 4.69) is 0 Å². The van der Waals surface area contributed by atoms with E-state index in [1.54, 1.807) is 6.92 Å². The first kappa shape index (κ1) is 6.45. The predicted molar refractivity (Wildman–Crippen MR) is 28.5 cm³/mol. The van der Waals surface area contributed by atoms with E-state index in [1.165, 1.54) is 0 Å². The molecule has 0 amide bonds. The Hall–Kier alpha value is -0.550. The maximum atomic E-state index is 8.22. The molecule has 0 aromatic carbocycles. The van der Waals surface area contributed by atoms with Crippen LogP contribution in [0.4, 0.5) is 0 Å². The van der Waals surface area contributed by atoms with E-state index in [9.17, 15) is 0 Å². The minimum atomic E-state index is -0.611. The molecule has 0 aromatic heterocycles. The third kappa shape index (κ3) is 2.18. The van der Waals surface area contributed by atoms with Crippen molar-refractivity contribution in [3.8, 4) is 6.07 Å². The Kier molecular flexibility index (Phi) is 1.79. The lowest BCUT2D eigenvalue weighted by Gasteiger charge is -2.09. The summed E-state index contributed by atoms with van der Waals surface area (Å²) in [6.07, 6.45) is 0.712. The molecule has 2 heteroatoms. The SMILES string of the molecule is CC[C@@](C)(N)C#N. The van der Waals surface area contributed by atoms with Crippen molar-refractivity contribution >= 4 is 0 Å². The molecular formula is C5H10N2. The molecule has 0 heterocycles. The second kappa shape index (κ2) is 1.94. The zero-order chi connectivity index (χ0) is 5.91. The summed E-state index contributed by atoms with van der Waals surface area (Å²) in [5.41, 5.74) is 4.74. The Balaban J connectivity index is 3.66. The standard InChI is InChI=1S/C5H10N2/c1-3-5(2,7)4-6/h3,7H2,1-2H3/t5-/m1/s1. The van der Waals surface area contributed by atoms with Crippen molar-refractivity contribution in [1.29, 1.82) is 5.26 Å². The van der Waals surface area contributed by atoms with E-state index < -0.39 is 5.54 Å². The van der Waals surface area contributed by atoms with Crippen LogP contribution < -0.4 is 5.73 Å². The summed E-state index contributed by atoms with van der Waals surface area (Å²) in [5, 5.41) is 8.22. The van der Waals surface area contributed by atoms with Crippen molar-refractivity contribution in [3.05, 3.63) is 0 Å². The van der Waals surface area contributed by atoms with Gasteiger partial charge in [0.15, 0.2) is 0 Å². The second-order valence-electron chi connectivity index (χ2n) is 1.88. The molecule has 0 radical (unpaired) electrons. The largest absolute Gasteiger partial charge is 0.314 e. The van der Waals surface area contributed by atoms with E-state index in [-0.39, 0.29) is 0 Å². The van der Waals surface area contributed by atoms with Gasteiger partial charge in [-0.05, 0) is 13.3 Å². The van der Waals surface area contributed by atoms with Crippen molar-refractivity contribution in [3.63, 3.8) is 0 Å². The fraction of sp³-hybridized carbons (Fsp3) is 0.800. The van der Waals surface area contributed by atoms with Gasteiger partial charge in [-0.3, -0.25) is 0 Å². The smallest absolute Gasteiger partial charge is 0.101 e. The van der Waals surface area contributed by atoms with Gasteiger partial charge in [0, 0.05) is 0 Å². The Morgan fingerprint density at radius 2 is 2.29 bits per heavy atom. The van der Waals surface area contributed by atoms with Gasteiger partial charge in [0.25, 0.3) is 0 Å². The van der Waals surface area contributed by atoms with Crippen LogP contribution in [-0.2, 0) is 0 Å². The van der Waals surface area contributed by atoms with E-state index in [0.717, 1.165) is 0 Å². The van der Waals surface area contributed by atoms with Gasteiger partial charge in [-0.25, -0.2) is 0 Å². The maximum Gasteiger partial charge on any atom is 0.101 e. The molecular weight excluding hydrogens is 88.1 g/mol. The Morgan fingerprint density at radius 3 is 2.29 bits per heavy atom. The monoisotopic (exact) mass is 98.1 g/mol. The second-order valence-corrected chi connectivity index (χ2v) is 1.88. The third-order valence-corrected chi connectivity index (χ3v) is 0.990. The molecule has 0 bridgehead atoms. The molecule has 0 saturated heterocycles. The molecule has 40 valence electrons. The van der Waals surface area contributed by atoms with Crippen molar-refractivity contribution in [1.82, 2.24) is 0 Å². The number of hydrogen-bond donors (Lipinski definition) is 1. The minimum absolute atomic E-state index is 0.611. The number of rotatable bonds is 1. The first-order valence-electron chi connectivity index (χ1n) is 2.32. The van der Waals surface area contributed by atoms with E-state index >= 15 is 0 Å². The van der Waals surface area contributed by atoms with Gasteiger partial charge >= 0.3 is 0 Å². The summed E-state index contributed by atoms with van der Waals surface area (Å²) in [5.74, 6) is 0. The number of hydrogen-bond acceptors (Lipinski definition) is 2. The highest BCUT2D eigenvalue weighted by molar-refractivity contribution is 4.99. The maximum absolute atomic E-state index is 8.22. The van der Waals surface area contributed by atoms with Crippen molar-refractivity contribution in [2.45, 2.75) is 25.8 Å². The van der Waals surface area contributed by atoms with Crippen molar-refractivity contribution in [2.24, 2.45) is 5.73 Å². The molecule has 0 fully saturated rings. The summed E-state index contributed by atoms with van der Waals surface area (Å²) in [6.45, 7) is 3.61. The van der Waals surface area contributed by atoms with E-state index in [4.69, 9.17) is 11.0 Å². The lowest BCUT2D eigenvalue weighted by atomic mass is 10.0. The number of nitriles is 1. The fourth-order valence-corrected chi connectivity index (χ4v) is 0.0791. The molecule has 7 heavy (non-hydrogen) atoms. The van der Waals surface area contributed by atoms with Crippen LogP contribution in [0.2, 0.25) is 0 Å². The fourth-order valence-electron chi connectivity index (χ4n) is 0.0791. The average Bonchev–Trinajstić information content (AvgIpc) is 1.68. The number of nitrogens with zero attached hydrogens (tertiary/aromatic N) is 1. The van der Waals surface area contributed by atoms with Crippen LogP contribution >= 0.6 is 0 Å². The average molecular weight is 98.1 g/mol. The van der Waals surface area contributed by atoms with Crippen LogP contribution in [0.25, 0.3) is 0 Å². The molecule has 2 N–H and O–H groups in total. The summed E-state index contributed by atoms with van der Waals surface area (Å²) in [4.78, 5) is 0. The van der Waals surface area contributed by atoms with Gasteiger partial charge in [0.2, 0.25) is 0 Å². The quantitative estimate of drug-likeness (QED) is 0.523. The molecule has 0 aromatic rings. The summed E-state index contributed by atoms with van der Waals surface area (Å²) in [7, 11) is 0. The normalized spacial score (nSPS) is 17.4. The van der Waals surface area contributed by atoms with Gasteiger partial charge in [0.1, 0.15) is 5.54 Å². The summed E-state index contributed by atoms with van der Waals surface area (Å²) >= 11 is 0. The molecule has 0 saturated carbocycles. The lowest BCUT2D eigenvalue weighted by Crippen LogP contribution is -2.32. The molecule has 0 aliphatic carbocycles. The molecule has 0 aliphatic heterocycles. The first-order chi connectivity index (χ1) is 3.12. The molecule has 1 atom stereocenters. The molecule has 0 spiro atoms. The Labute approximate surface area is 43.9 Å². The highest BCUT2D eigenvalue weighted by Gasteiger charge is 2.11. The van der Waals surface area contributed by atoms with Crippen molar-refractivity contribution < 1.29 is 0 Å². The van der Waals surface area contributed by atoms with Gasteiger partial charge in [0.05, 0.1) is 6.07 Å². The Morgan fingerprint density at radius 1 is 1.86 bits per heavy atom. The zero-order valence-corrected chi connectivity index (χ0v) is 4.73. The predicted octanol–water partition coefficient (Wildman–Crippen LogP) is 0.637. The van der Waals surface area contributed by atoms with Gasteiger partial charge in [-0.1, -0.05) is 6.92 Å². The molecule has 0 aliphatic rings. The summed E-state index contributed by atoms with van der Waals surface area (Å²) < 4.78 is 0. The molecule has 0 rings (SSSR count). The first-order valence-corrected chi connectivity index (χ1v) is 2.32. The van der Waals surface area contributed by atoms with Crippen LogP contribution in [0, 0.1) is 11.3 Å². The highest BCUT2D eigenvalue weighted by atomic mass is 14.7.